The Morgan fingerprint density at radius 3 is 2.09 bits per heavy atom. The Bertz CT molecular complexity index is 739. The molecule has 0 radical (unpaired) electrons. The molecule has 0 unspecified atom stereocenters. The highest BCUT2D eigenvalue weighted by molar-refractivity contribution is 7.89. The summed E-state index contributed by atoms with van der Waals surface area (Å²) in [6.45, 7) is 1.43. The summed E-state index contributed by atoms with van der Waals surface area (Å²) in [5.74, 6) is -0.635. The van der Waals surface area contributed by atoms with E-state index >= 15 is 0 Å². The second-order valence-corrected chi connectivity index (χ2v) is 6.47. The lowest BCUT2D eigenvalue weighted by molar-refractivity contribution is -0.142. The Balaban J connectivity index is 2.21. The maximum Gasteiger partial charge on any atom is 0.323 e. The molecule has 2 aromatic rings. The fourth-order valence-corrected chi connectivity index (χ4v) is 3.17. The maximum atomic E-state index is 12.2. The molecule has 116 valence electrons. The predicted molar refractivity (Wildman–Crippen MR) is 83.7 cm³/mol. The number of esters is 1. The van der Waals surface area contributed by atoms with Crippen LogP contribution in [0.25, 0.3) is 11.1 Å². The van der Waals surface area contributed by atoms with Crippen LogP contribution in [-0.4, -0.2) is 27.5 Å². The Morgan fingerprint density at radius 2 is 1.55 bits per heavy atom. The van der Waals surface area contributed by atoms with Gasteiger partial charge in [0.25, 0.3) is 0 Å². The van der Waals surface area contributed by atoms with Gasteiger partial charge in [-0.3, -0.25) is 4.79 Å². The van der Waals surface area contributed by atoms with Gasteiger partial charge in [0.05, 0.1) is 12.0 Å². The molecular formula is C16H17NO4S. The van der Waals surface area contributed by atoms with E-state index < -0.39 is 22.0 Å². The fraction of sp³-hybridized carbons (Fsp3) is 0.188. The van der Waals surface area contributed by atoms with Gasteiger partial charge in [-0.05, 0) is 30.2 Å². The van der Waals surface area contributed by atoms with Gasteiger partial charge in [-0.2, -0.15) is 4.72 Å². The maximum absolute atomic E-state index is 12.2. The third-order valence-corrected chi connectivity index (χ3v) is 4.72. The number of benzene rings is 2. The van der Waals surface area contributed by atoms with Crippen molar-refractivity contribution in [2.75, 3.05) is 7.11 Å². The van der Waals surface area contributed by atoms with Crippen molar-refractivity contribution < 1.29 is 17.9 Å². The summed E-state index contributed by atoms with van der Waals surface area (Å²) in [5, 5.41) is 0. The number of nitrogens with one attached hydrogen (secondary N) is 1. The summed E-state index contributed by atoms with van der Waals surface area (Å²) in [6, 6.07) is 15.2. The molecule has 2 rings (SSSR count). The average molecular weight is 319 g/mol. The molecule has 0 bridgehead atoms. The highest BCUT2D eigenvalue weighted by Gasteiger charge is 2.22. The van der Waals surface area contributed by atoms with Gasteiger partial charge in [0.1, 0.15) is 6.04 Å². The van der Waals surface area contributed by atoms with Crippen molar-refractivity contribution in [3.63, 3.8) is 0 Å². The molecule has 0 aliphatic carbocycles. The summed E-state index contributed by atoms with van der Waals surface area (Å²) >= 11 is 0. The minimum absolute atomic E-state index is 0.0999. The van der Waals surface area contributed by atoms with Crippen LogP contribution < -0.4 is 4.72 Å². The van der Waals surface area contributed by atoms with Crippen LogP contribution >= 0.6 is 0 Å². The van der Waals surface area contributed by atoms with Crippen molar-refractivity contribution in [1.29, 1.82) is 0 Å². The average Bonchev–Trinajstić information content (AvgIpc) is 2.54. The summed E-state index contributed by atoms with van der Waals surface area (Å²) in [4.78, 5) is 11.4. The van der Waals surface area contributed by atoms with Crippen molar-refractivity contribution in [3.05, 3.63) is 54.6 Å². The molecule has 0 saturated heterocycles. The molecule has 0 spiro atoms. The number of hydrogen-bond acceptors (Lipinski definition) is 4. The zero-order valence-electron chi connectivity index (χ0n) is 12.3. The lowest BCUT2D eigenvalue weighted by Crippen LogP contribution is -2.39. The first-order valence-electron chi connectivity index (χ1n) is 6.69. The molecule has 1 atom stereocenters. The third kappa shape index (κ3) is 3.72. The first kappa shape index (κ1) is 16.2. The van der Waals surface area contributed by atoms with E-state index in [1.165, 1.54) is 26.2 Å². The Hall–Kier alpha value is -2.18. The highest BCUT2D eigenvalue weighted by atomic mass is 32.2. The van der Waals surface area contributed by atoms with Gasteiger partial charge >= 0.3 is 5.97 Å². The molecule has 22 heavy (non-hydrogen) atoms. The van der Waals surface area contributed by atoms with E-state index in [-0.39, 0.29) is 4.90 Å². The molecule has 2 aromatic carbocycles. The van der Waals surface area contributed by atoms with E-state index in [0.717, 1.165) is 11.1 Å². The molecule has 0 saturated carbocycles. The molecule has 0 aliphatic heterocycles. The van der Waals surface area contributed by atoms with E-state index in [1.54, 1.807) is 12.1 Å². The smallest absolute Gasteiger partial charge is 0.323 e. The number of methoxy groups -OCH3 is 1. The van der Waals surface area contributed by atoms with Crippen molar-refractivity contribution in [2.45, 2.75) is 17.9 Å². The van der Waals surface area contributed by atoms with Gasteiger partial charge in [0, 0.05) is 0 Å². The quantitative estimate of drug-likeness (QED) is 0.858. The highest BCUT2D eigenvalue weighted by Crippen LogP contribution is 2.21. The Kier molecular flexibility index (Phi) is 4.95. The van der Waals surface area contributed by atoms with Crippen LogP contribution in [0.4, 0.5) is 0 Å². The van der Waals surface area contributed by atoms with Crippen molar-refractivity contribution >= 4 is 16.0 Å². The van der Waals surface area contributed by atoms with Crippen LogP contribution in [0.1, 0.15) is 6.92 Å². The minimum Gasteiger partial charge on any atom is -0.468 e. The van der Waals surface area contributed by atoms with Gasteiger partial charge in [-0.15, -0.1) is 0 Å². The molecule has 5 nitrogen and oxygen atoms in total. The van der Waals surface area contributed by atoms with E-state index in [2.05, 4.69) is 9.46 Å². The molecule has 0 aromatic heterocycles. The summed E-state index contributed by atoms with van der Waals surface area (Å²) in [6.07, 6.45) is 0. The molecular weight excluding hydrogens is 302 g/mol. The van der Waals surface area contributed by atoms with Gasteiger partial charge in [0.15, 0.2) is 0 Å². The number of carbonyl (C=O) groups is 1. The second-order valence-electron chi connectivity index (χ2n) is 4.76. The molecule has 0 amide bonds. The van der Waals surface area contributed by atoms with E-state index in [0.29, 0.717) is 0 Å². The monoisotopic (exact) mass is 319 g/mol. The normalized spacial score (nSPS) is 12.6. The summed E-state index contributed by atoms with van der Waals surface area (Å²) < 4.78 is 31.2. The third-order valence-electron chi connectivity index (χ3n) is 3.16. The SMILES string of the molecule is COC(=O)[C@H](C)NS(=O)(=O)c1ccc(-c2ccccc2)cc1. The number of rotatable bonds is 5. The van der Waals surface area contributed by atoms with Crippen molar-refractivity contribution in [2.24, 2.45) is 0 Å². The van der Waals surface area contributed by atoms with E-state index in [4.69, 9.17) is 0 Å². The fourth-order valence-electron chi connectivity index (χ4n) is 1.98. The van der Waals surface area contributed by atoms with Gasteiger partial charge < -0.3 is 4.74 Å². The zero-order chi connectivity index (χ0) is 16.2. The largest absolute Gasteiger partial charge is 0.468 e. The zero-order valence-corrected chi connectivity index (χ0v) is 13.1. The molecule has 0 heterocycles. The van der Waals surface area contributed by atoms with Crippen LogP contribution in [0.15, 0.2) is 59.5 Å². The first-order chi connectivity index (χ1) is 10.4. The van der Waals surface area contributed by atoms with E-state index in [9.17, 15) is 13.2 Å². The predicted octanol–water partition coefficient (Wildman–Crippen LogP) is 2.19. The van der Waals surface area contributed by atoms with Crippen molar-refractivity contribution in [1.82, 2.24) is 4.72 Å². The Labute approximate surface area is 130 Å². The van der Waals surface area contributed by atoms with Crippen LogP contribution in [0, 0.1) is 0 Å². The number of sulfonamides is 1. The lowest BCUT2D eigenvalue weighted by atomic mass is 10.1. The van der Waals surface area contributed by atoms with E-state index in [1.807, 2.05) is 30.3 Å². The van der Waals surface area contributed by atoms with Gasteiger partial charge in [0.2, 0.25) is 10.0 Å². The van der Waals surface area contributed by atoms with Crippen LogP contribution in [0.5, 0.6) is 0 Å². The molecule has 1 N–H and O–H groups in total. The van der Waals surface area contributed by atoms with Crippen LogP contribution in [0.3, 0.4) is 0 Å². The number of hydrogen-bond donors (Lipinski definition) is 1. The van der Waals surface area contributed by atoms with Crippen LogP contribution in [-0.2, 0) is 19.6 Å². The summed E-state index contributed by atoms with van der Waals surface area (Å²) in [5.41, 5.74) is 1.92. The Morgan fingerprint density at radius 1 is 1.00 bits per heavy atom. The van der Waals surface area contributed by atoms with Crippen molar-refractivity contribution in [3.8, 4) is 11.1 Å². The molecule has 0 fully saturated rings. The molecule has 6 heteroatoms. The number of carbonyl (C=O) groups excluding carboxylic acids is 1. The van der Waals surface area contributed by atoms with Gasteiger partial charge in [-0.1, -0.05) is 42.5 Å². The lowest BCUT2D eigenvalue weighted by Gasteiger charge is -2.12. The second kappa shape index (κ2) is 6.72. The standard InChI is InChI=1S/C16H17NO4S/c1-12(16(18)21-2)17-22(19,20)15-10-8-14(9-11-15)13-6-4-3-5-7-13/h3-12,17H,1-2H3/t12-/m0/s1. The first-order valence-corrected chi connectivity index (χ1v) is 8.18. The number of ether oxygens (including phenoxy) is 1. The van der Waals surface area contributed by atoms with Crippen LogP contribution in [0.2, 0.25) is 0 Å². The van der Waals surface area contributed by atoms with Gasteiger partial charge in [-0.25, -0.2) is 8.42 Å². The minimum atomic E-state index is -3.76. The topological polar surface area (TPSA) is 72.5 Å². The molecule has 0 aliphatic rings. The summed E-state index contributed by atoms with van der Waals surface area (Å²) in [7, 11) is -2.55.